The average molecular weight is 459 g/mol. The third kappa shape index (κ3) is 5.02. The maximum absolute atomic E-state index is 13.3. The van der Waals surface area contributed by atoms with E-state index >= 15 is 0 Å². The van der Waals surface area contributed by atoms with Crippen molar-refractivity contribution in [3.63, 3.8) is 0 Å². The van der Waals surface area contributed by atoms with Gasteiger partial charge in [0.25, 0.3) is 5.91 Å². The normalized spacial score (nSPS) is 17.5. The Labute approximate surface area is 189 Å². The summed E-state index contributed by atoms with van der Waals surface area (Å²) in [6.07, 6.45) is -3.13. The lowest BCUT2D eigenvalue weighted by molar-refractivity contribution is -0.139. The number of hydrogen-bond acceptors (Lipinski definition) is 3. The van der Waals surface area contributed by atoms with E-state index in [1.165, 1.54) is 23.1 Å². The van der Waals surface area contributed by atoms with Crippen LogP contribution in [0.25, 0.3) is 0 Å². The number of halogens is 3. The Morgan fingerprint density at radius 3 is 2.24 bits per heavy atom. The van der Waals surface area contributed by atoms with E-state index in [-0.39, 0.29) is 55.9 Å². The number of nitrogens with zero attached hydrogens (tertiary/aromatic N) is 3. The third-order valence-electron chi connectivity index (χ3n) is 6.06. The molecule has 174 valence electrons. The number of amides is 3. The van der Waals surface area contributed by atoms with Gasteiger partial charge in [0.15, 0.2) is 0 Å². The first-order valence-corrected chi connectivity index (χ1v) is 10.9. The Morgan fingerprint density at radius 1 is 0.848 bits per heavy atom. The van der Waals surface area contributed by atoms with E-state index in [4.69, 9.17) is 0 Å². The second kappa shape index (κ2) is 9.25. The summed E-state index contributed by atoms with van der Waals surface area (Å²) in [5.41, 5.74) is 0.458. The van der Waals surface area contributed by atoms with Crippen LogP contribution in [0.3, 0.4) is 0 Å². The number of carbonyl (C=O) groups is 3. The minimum atomic E-state index is -4.50. The number of hydrogen-bond donors (Lipinski definition) is 0. The maximum Gasteiger partial charge on any atom is 0.416 e. The molecule has 0 aromatic heterocycles. The van der Waals surface area contributed by atoms with Crippen molar-refractivity contribution in [1.29, 1.82) is 0 Å². The summed E-state index contributed by atoms with van der Waals surface area (Å²) in [6, 6.07) is 12.0. The molecule has 4 rings (SSSR count). The van der Waals surface area contributed by atoms with Crippen LogP contribution in [0, 0.1) is 0 Å². The summed E-state index contributed by atoms with van der Waals surface area (Å²) < 4.78 is 39.9. The van der Waals surface area contributed by atoms with Crippen molar-refractivity contribution >= 4 is 23.4 Å². The van der Waals surface area contributed by atoms with E-state index in [1.807, 2.05) is 0 Å². The Kier molecular flexibility index (Phi) is 6.40. The van der Waals surface area contributed by atoms with Crippen LogP contribution in [-0.2, 0) is 22.3 Å². The number of anilines is 1. The number of benzene rings is 2. The van der Waals surface area contributed by atoms with E-state index in [1.54, 1.807) is 34.1 Å². The topological polar surface area (TPSA) is 60.9 Å². The SMILES string of the molecule is O=C1CCN(C(=O)c2ccc(N3CCCC3=O)cc2)CCN1Cc1ccccc1C(F)(F)F. The highest BCUT2D eigenvalue weighted by molar-refractivity contribution is 5.97. The van der Waals surface area contributed by atoms with Gasteiger partial charge in [-0.3, -0.25) is 14.4 Å². The molecule has 2 aliphatic rings. The van der Waals surface area contributed by atoms with Gasteiger partial charge in [0.2, 0.25) is 11.8 Å². The fourth-order valence-electron chi connectivity index (χ4n) is 4.26. The number of rotatable bonds is 4. The Morgan fingerprint density at radius 2 is 1.58 bits per heavy atom. The molecular formula is C24H24F3N3O3. The van der Waals surface area contributed by atoms with Crippen molar-refractivity contribution < 1.29 is 27.6 Å². The zero-order valence-corrected chi connectivity index (χ0v) is 18.0. The highest BCUT2D eigenvalue weighted by Crippen LogP contribution is 2.32. The minimum Gasteiger partial charge on any atom is -0.337 e. The largest absolute Gasteiger partial charge is 0.416 e. The molecule has 0 atom stereocenters. The zero-order valence-electron chi connectivity index (χ0n) is 18.0. The Bertz CT molecular complexity index is 1050. The molecular weight excluding hydrogens is 435 g/mol. The molecule has 0 radical (unpaired) electrons. The molecule has 2 aliphatic heterocycles. The van der Waals surface area contributed by atoms with Crippen molar-refractivity contribution in [2.75, 3.05) is 31.1 Å². The Balaban J connectivity index is 1.43. The van der Waals surface area contributed by atoms with Crippen LogP contribution >= 0.6 is 0 Å². The zero-order chi connectivity index (χ0) is 23.6. The predicted octanol–water partition coefficient (Wildman–Crippen LogP) is 3.71. The first-order valence-electron chi connectivity index (χ1n) is 10.9. The first kappa shape index (κ1) is 22.8. The Hall–Kier alpha value is -3.36. The first-order chi connectivity index (χ1) is 15.7. The van der Waals surface area contributed by atoms with Gasteiger partial charge >= 0.3 is 6.18 Å². The van der Waals surface area contributed by atoms with Gasteiger partial charge in [0, 0.05) is 56.8 Å². The second-order valence-corrected chi connectivity index (χ2v) is 8.21. The molecule has 33 heavy (non-hydrogen) atoms. The molecule has 9 heteroatoms. The molecule has 6 nitrogen and oxygen atoms in total. The van der Waals surface area contributed by atoms with Crippen molar-refractivity contribution in [1.82, 2.24) is 9.80 Å². The van der Waals surface area contributed by atoms with Gasteiger partial charge in [-0.15, -0.1) is 0 Å². The van der Waals surface area contributed by atoms with Gasteiger partial charge in [-0.2, -0.15) is 13.2 Å². The second-order valence-electron chi connectivity index (χ2n) is 8.21. The van der Waals surface area contributed by atoms with Gasteiger partial charge < -0.3 is 14.7 Å². The van der Waals surface area contributed by atoms with Crippen LogP contribution in [0.4, 0.5) is 18.9 Å². The van der Waals surface area contributed by atoms with E-state index in [2.05, 4.69) is 0 Å². The summed E-state index contributed by atoms with van der Waals surface area (Å²) in [5.74, 6) is -0.475. The molecule has 2 aromatic rings. The quantitative estimate of drug-likeness (QED) is 0.701. The van der Waals surface area contributed by atoms with Crippen LogP contribution in [0.2, 0.25) is 0 Å². The lowest BCUT2D eigenvalue weighted by Crippen LogP contribution is -2.36. The molecule has 3 amide bonds. The summed E-state index contributed by atoms with van der Waals surface area (Å²) >= 11 is 0. The lowest BCUT2D eigenvalue weighted by atomic mass is 10.1. The van der Waals surface area contributed by atoms with Gasteiger partial charge in [0.05, 0.1) is 5.56 Å². The lowest BCUT2D eigenvalue weighted by Gasteiger charge is -2.24. The fraction of sp³-hybridized carbons (Fsp3) is 0.375. The van der Waals surface area contributed by atoms with Crippen LogP contribution in [0.1, 0.15) is 40.7 Å². The number of carbonyl (C=O) groups excluding carboxylic acids is 3. The monoisotopic (exact) mass is 459 g/mol. The molecule has 2 saturated heterocycles. The average Bonchev–Trinajstić information content (AvgIpc) is 3.14. The van der Waals surface area contributed by atoms with Gasteiger partial charge in [-0.25, -0.2) is 0 Å². The summed E-state index contributed by atoms with van der Waals surface area (Å²) in [5, 5.41) is 0. The number of alkyl halides is 3. The van der Waals surface area contributed by atoms with E-state index in [9.17, 15) is 27.6 Å². The van der Waals surface area contributed by atoms with Crippen molar-refractivity contribution in [3.8, 4) is 0 Å². The third-order valence-corrected chi connectivity index (χ3v) is 6.06. The maximum atomic E-state index is 13.3. The fourth-order valence-corrected chi connectivity index (χ4v) is 4.26. The van der Waals surface area contributed by atoms with Crippen LogP contribution in [-0.4, -0.2) is 53.7 Å². The summed E-state index contributed by atoms with van der Waals surface area (Å²) in [6.45, 7) is 1.08. The van der Waals surface area contributed by atoms with Crippen molar-refractivity contribution in [3.05, 3.63) is 65.2 Å². The van der Waals surface area contributed by atoms with Crippen molar-refractivity contribution in [2.24, 2.45) is 0 Å². The van der Waals surface area contributed by atoms with Crippen molar-refractivity contribution in [2.45, 2.75) is 32.0 Å². The van der Waals surface area contributed by atoms with E-state index in [0.717, 1.165) is 18.2 Å². The molecule has 0 spiro atoms. The molecule has 0 unspecified atom stereocenters. The van der Waals surface area contributed by atoms with Gasteiger partial charge in [0.1, 0.15) is 0 Å². The molecule has 0 N–H and O–H groups in total. The van der Waals surface area contributed by atoms with E-state index < -0.39 is 11.7 Å². The van der Waals surface area contributed by atoms with Crippen LogP contribution < -0.4 is 4.90 Å². The molecule has 0 bridgehead atoms. The molecule has 0 saturated carbocycles. The summed E-state index contributed by atoms with van der Waals surface area (Å²) in [4.78, 5) is 42.1. The van der Waals surface area contributed by atoms with Crippen LogP contribution in [0.5, 0.6) is 0 Å². The standard InChI is InChI=1S/C24H24F3N3O3/c25-24(26,27)20-5-2-1-4-18(20)16-29-15-14-28(13-11-21(29)31)23(33)17-7-9-19(10-8-17)30-12-3-6-22(30)32/h1-2,4-5,7-10H,3,6,11-16H2. The predicted molar refractivity (Wildman–Crippen MR) is 115 cm³/mol. The van der Waals surface area contributed by atoms with E-state index in [0.29, 0.717) is 18.5 Å². The molecule has 0 aliphatic carbocycles. The molecule has 2 fully saturated rings. The van der Waals surface area contributed by atoms with Crippen LogP contribution in [0.15, 0.2) is 48.5 Å². The summed E-state index contributed by atoms with van der Waals surface area (Å²) in [7, 11) is 0. The van der Waals surface area contributed by atoms with Gasteiger partial charge in [-0.1, -0.05) is 18.2 Å². The van der Waals surface area contributed by atoms with Gasteiger partial charge in [-0.05, 0) is 42.3 Å². The highest BCUT2D eigenvalue weighted by Gasteiger charge is 2.34. The molecule has 2 heterocycles. The molecule has 2 aromatic carbocycles. The highest BCUT2D eigenvalue weighted by atomic mass is 19.4. The smallest absolute Gasteiger partial charge is 0.337 e. The minimum absolute atomic E-state index is 0.0326.